The lowest BCUT2D eigenvalue weighted by atomic mass is 9.93. The molecule has 1 N–H and O–H groups in total. The standard InChI is InChI=1S/C24H27N3O4/c1-24(14-13-17-9-11-19(31-2)12-10-17)22(29)27(23(30)25-24)16-21(28)26-15-5-7-18-6-3-4-8-20(18)26/h3-4,6,8-12H,5,7,13-16H2,1-2H3,(H,25,30)/t24-/m0/s1. The van der Waals surface area contributed by atoms with E-state index in [-0.39, 0.29) is 18.4 Å². The molecule has 2 aromatic rings. The van der Waals surface area contributed by atoms with Gasteiger partial charge in [-0.1, -0.05) is 30.3 Å². The van der Waals surface area contributed by atoms with Crippen molar-refractivity contribution in [2.75, 3.05) is 25.1 Å². The number of nitrogens with one attached hydrogen (secondary N) is 1. The van der Waals surface area contributed by atoms with Gasteiger partial charge in [-0.3, -0.25) is 14.5 Å². The predicted molar refractivity (Wildman–Crippen MR) is 117 cm³/mol. The Bertz CT molecular complexity index is 1000. The Morgan fingerprint density at radius 3 is 2.61 bits per heavy atom. The molecule has 0 aromatic heterocycles. The summed E-state index contributed by atoms with van der Waals surface area (Å²) in [4.78, 5) is 41.4. The third-order valence-electron chi connectivity index (χ3n) is 6.12. The first-order chi connectivity index (χ1) is 14.9. The maximum atomic E-state index is 13.1. The van der Waals surface area contributed by atoms with Crippen molar-refractivity contribution in [2.45, 2.75) is 38.1 Å². The molecule has 31 heavy (non-hydrogen) atoms. The number of hydrogen-bond donors (Lipinski definition) is 1. The fraction of sp³-hybridized carbons (Fsp3) is 0.375. The highest BCUT2D eigenvalue weighted by Gasteiger charge is 2.48. The van der Waals surface area contributed by atoms with E-state index in [1.807, 2.05) is 48.5 Å². The van der Waals surface area contributed by atoms with Crippen LogP contribution in [0.3, 0.4) is 0 Å². The molecule has 0 unspecified atom stereocenters. The van der Waals surface area contributed by atoms with Crippen LogP contribution in [0.15, 0.2) is 48.5 Å². The Kier molecular flexibility index (Phi) is 5.67. The van der Waals surface area contributed by atoms with E-state index >= 15 is 0 Å². The van der Waals surface area contributed by atoms with Crippen LogP contribution in [-0.2, 0) is 22.4 Å². The van der Waals surface area contributed by atoms with E-state index in [0.29, 0.717) is 19.4 Å². The Morgan fingerprint density at radius 1 is 1.13 bits per heavy atom. The largest absolute Gasteiger partial charge is 0.497 e. The smallest absolute Gasteiger partial charge is 0.325 e. The van der Waals surface area contributed by atoms with Crippen molar-refractivity contribution in [3.8, 4) is 5.75 Å². The number of ether oxygens (including phenoxy) is 1. The molecule has 0 saturated carbocycles. The van der Waals surface area contributed by atoms with Gasteiger partial charge in [-0.15, -0.1) is 0 Å². The molecule has 4 rings (SSSR count). The number of para-hydroxylation sites is 1. The number of rotatable bonds is 6. The molecule has 162 valence electrons. The summed E-state index contributed by atoms with van der Waals surface area (Å²) in [5, 5.41) is 2.79. The van der Waals surface area contributed by atoms with E-state index in [2.05, 4.69) is 5.32 Å². The van der Waals surface area contributed by atoms with Gasteiger partial charge in [0.25, 0.3) is 5.91 Å². The number of methoxy groups -OCH3 is 1. The van der Waals surface area contributed by atoms with Crippen LogP contribution in [0.4, 0.5) is 10.5 Å². The monoisotopic (exact) mass is 421 g/mol. The lowest BCUT2D eigenvalue weighted by Gasteiger charge is -2.30. The van der Waals surface area contributed by atoms with E-state index in [0.717, 1.165) is 40.3 Å². The minimum absolute atomic E-state index is 0.241. The predicted octanol–water partition coefficient (Wildman–Crippen LogP) is 2.92. The Morgan fingerprint density at radius 2 is 1.87 bits per heavy atom. The number of imide groups is 1. The highest BCUT2D eigenvalue weighted by Crippen LogP contribution is 2.28. The first-order valence-electron chi connectivity index (χ1n) is 10.6. The average Bonchev–Trinajstić information content (AvgIpc) is 3.00. The van der Waals surface area contributed by atoms with Crippen molar-refractivity contribution in [3.63, 3.8) is 0 Å². The SMILES string of the molecule is COc1ccc(CC[C@]2(C)NC(=O)N(CC(=O)N3CCCc4ccccc43)C2=O)cc1. The molecule has 0 spiro atoms. The number of fused-ring (bicyclic) bond motifs is 1. The highest BCUT2D eigenvalue weighted by atomic mass is 16.5. The molecule has 0 radical (unpaired) electrons. The van der Waals surface area contributed by atoms with Crippen LogP contribution in [-0.4, -0.2) is 48.5 Å². The lowest BCUT2D eigenvalue weighted by molar-refractivity contribution is -0.134. The van der Waals surface area contributed by atoms with Crippen LogP contribution >= 0.6 is 0 Å². The van der Waals surface area contributed by atoms with Crippen LogP contribution < -0.4 is 15.0 Å². The zero-order chi connectivity index (χ0) is 22.0. The van der Waals surface area contributed by atoms with Gasteiger partial charge >= 0.3 is 6.03 Å². The topological polar surface area (TPSA) is 79.0 Å². The molecule has 1 saturated heterocycles. The third kappa shape index (κ3) is 4.13. The van der Waals surface area contributed by atoms with Crippen molar-refractivity contribution < 1.29 is 19.1 Å². The van der Waals surface area contributed by atoms with E-state index in [9.17, 15) is 14.4 Å². The number of hydrogen-bond acceptors (Lipinski definition) is 4. The van der Waals surface area contributed by atoms with E-state index in [1.165, 1.54) is 0 Å². The zero-order valence-electron chi connectivity index (χ0n) is 17.9. The molecule has 4 amide bonds. The first kappa shape index (κ1) is 20.9. The summed E-state index contributed by atoms with van der Waals surface area (Å²) in [5.74, 6) is 0.170. The molecular formula is C24H27N3O4. The summed E-state index contributed by atoms with van der Waals surface area (Å²) in [5.41, 5.74) is 2.00. The second kappa shape index (κ2) is 8.41. The molecule has 2 aliphatic rings. The van der Waals surface area contributed by atoms with Gasteiger partial charge in [0.1, 0.15) is 17.8 Å². The van der Waals surface area contributed by atoms with Crippen molar-refractivity contribution in [2.24, 2.45) is 0 Å². The van der Waals surface area contributed by atoms with Crippen LogP contribution in [0.2, 0.25) is 0 Å². The summed E-state index contributed by atoms with van der Waals surface area (Å²) < 4.78 is 5.17. The van der Waals surface area contributed by atoms with E-state index < -0.39 is 11.6 Å². The quantitative estimate of drug-likeness (QED) is 0.728. The molecule has 1 fully saturated rings. The van der Waals surface area contributed by atoms with Gasteiger partial charge in [-0.2, -0.15) is 0 Å². The summed E-state index contributed by atoms with van der Waals surface area (Å²) in [6.07, 6.45) is 2.85. The minimum Gasteiger partial charge on any atom is -0.497 e. The van der Waals surface area contributed by atoms with Crippen LogP contribution in [0, 0.1) is 0 Å². The lowest BCUT2D eigenvalue weighted by Crippen LogP contribution is -2.47. The van der Waals surface area contributed by atoms with Crippen molar-refractivity contribution in [3.05, 3.63) is 59.7 Å². The summed E-state index contributed by atoms with van der Waals surface area (Å²) in [6.45, 7) is 2.06. The van der Waals surface area contributed by atoms with Crippen LogP contribution in [0.25, 0.3) is 0 Å². The van der Waals surface area contributed by atoms with Gasteiger partial charge in [-0.05, 0) is 61.9 Å². The molecule has 2 aliphatic heterocycles. The number of aryl methyl sites for hydroxylation is 2. The van der Waals surface area contributed by atoms with Gasteiger partial charge < -0.3 is 15.0 Å². The van der Waals surface area contributed by atoms with E-state index in [1.54, 1.807) is 18.9 Å². The van der Waals surface area contributed by atoms with Crippen LogP contribution in [0.1, 0.15) is 30.9 Å². The highest BCUT2D eigenvalue weighted by molar-refractivity contribution is 6.10. The van der Waals surface area contributed by atoms with Gasteiger partial charge in [0, 0.05) is 12.2 Å². The summed E-state index contributed by atoms with van der Waals surface area (Å²) >= 11 is 0. The second-order valence-electron chi connectivity index (χ2n) is 8.28. The fourth-order valence-electron chi connectivity index (χ4n) is 4.26. The van der Waals surface area contributed by atoms with Crippen LogP contribution in [0.5, 0.6) is 5.75 Å². The number of nitrogens with zero attached hydrogens (tertiary/aromatic N) is 2. The maximum Gasteiger partial charge on any atom is 0.325 e. The molecule has 2 heterocycles. The number of benzene rings is 2. The number of carbonyl (C=O) groups is 3. The van der Waals surface area contributed by atoms with Crippen molar-refractivity contribution >= 4 is 23.5 Å². The second-order valence-corrected chi connectivity index (χ2v) is 8.28. The fourth-order valence-corrected chi connectivity index (χ4v) is 4.26. The Hall–Kier alpha value is -3.35. The number of carbonyl (C=O) groups excluding carboxylic acids is 3. The molecule has 7 nitrogen and oxygen atoms in total. The van der Waals surface area contributed by atoms with Gasteiger partial charge in [0.2, 0.25) is 5.91 Å². The average molecular weight is 421 g/mol. The molecule has 7 heteroatoms. The number of amides is 4. The van der Waals surface area contributed by atoms with Crippen molar-refractivity contribution in [1.82, 2.24) is 10.2 Å². The Balaban J connectivity index is 1.42. The number of urea groups is 1. The summed E-state index contributed by atoms with van der Waals surface area (Å²) in [6, 6.07) is 14.9. The van der Waals surface area contributed by atoms with Gasteiger partial charge in [-0.25, -0.2) is 4.79 Å². The molecular weight excluding hydrogens is 394 g/mol. The molecule has 0 bridgehead atoms. The minimum atomic E-state index is -1.03. The molecule has 2 aromatic carbocycles. The van der Waals surface area contributed by atoms with Crippen molar-refractivity contribution in [1.29, 1.82) is 0 Å². The van der Waals surface area contributed by atoms with Gasteiger partial charge in [0.15, 0.2) is 0 Å². The summed E-state index contributed by atoms with van der Waals surface area (Å²) in [7, 11) is 1.61. The molecule has 0 aliphatic carbocycles. The Labute approximate surface area is 182 Å². The van der Waals surface area contributed by atoms with E-state index in [4.69, 9.17) is 4.74 Å². The first-order valence-corrected chi connectivity index (χ1v) is 10.6. The third-order valence-corrected chi connectivity index (χ3v) is 6.12. The zero-order valence-corrected chi connectivity index (χ0v) is 17.9. The maximum absolute atomic E-state index is 13.1. The molecule has 1 atom stereocenters. The van der Waals surface area contributed by atoms with Gasteiger partial charge in [0.05, 0.1) is 7.11 Å². The normalized spacial score (nSPS) is 20.5. The number of anilines is 1.